The van der Waals surface area contributed by atoms with E-state index < -0.39 is 63.3 Å². The fraction of sp³-hybridized carbons (Fsp3) is 0.448. The number of aliphatic carboxylic acids is 1. The third-order valence-electron chi connectivity index (χ3n) is 8.49. The van der Waals surface area contributed by atoms with Crippen LogP contribution in [0.1, 0.15) is 38.4 Å². The molecule has 50 heavy (non-hydrogen) atoms. The van der Waals surface area contributed by atoms with Gasteiger partial charge in [-0.25, -0.2) is 9.78 Å². The van der Waals surface area contributed by atoms with E-state index in [-0.39, 0.29) is 23.8 Å². The molecule has 21 heteroatoms. The first-order valence-corrected chi connectivity index (χ1v) is 17.4. The van der Waals surface area contributed by atoms with Crippen molar-refractivity contribution in [3.05, 3.63) is 47.2 Å². The summed E-state index contributed by atoms with van der Waals surface area (Å²) < 4.78 is 45.5. The Hall–Kier alpha value is -4.67. The van der Waals surface area contributed by atoms with E-state index in [1.165, 1.54) is 26.2 Å². The number of hydroxylamine groups is 2. The van der Waals surface area contributed by atoms with Crippen molar-refractivity contribution in [3.8, 4) is 16.9 Å². The molecule has 0 aliphatic carbocycles. The van der Waals surface area contributed by atoms with Crippen LogP contribution < -0.4 is 26.2 Å². The number of nitrogens with one attached hydrogen (secondary N) is 1. The summed E-state index contributed by atoms with van der Waals surface area (Å²) in [6, 6.07) is 4.13. The number of nitrogen functional groups attached to an aromatic ring is 1. The lowest BCUT2D eigenvalue weighted by atomic mass is 9.84. The quantitative estimate of drug-likeness (QED) is 0.0410. The van der Waals surface area contributed by atoms with Gasteiger partial charge in [0.1, 0.15) is 24.0 Å². The second kappa shape index (κ2) is 13.6. The maximum absolute atomic E-state index is 13.5. The van der Waals surface area contributed by atoms with Crippen molar-refractivity contribution >= 4 is 50.4 Å². The molecule has 4 heterocycles. The van der Waals surface area contributed by atoms with Gasteiger partial charge < -0.3 is 36.6 Å². The largest absolute Gasteiger partial charge is 0.485 e. The molecule has 0 saturated carbocycles. The molecule has 2 aliphatic heterocycles. The number of aromatic nitrogens is 3. The highest BCUT2D eigenvalue weighted by molar-refractivity contribution is 7.80. The number of hydrogen-bond donors (Lipinski definition) is 6. The van der Waals surface area contributed by atoms with Gasteiger partial charge in [0.25, 0.3) is 17.4 Å². The van der Waals surface area contributed by atoms with Gasteiger partial charge >= 0.3 is 16.4 Å². The van der Waals surface area contributed by atoms with E-state index in [1.807, 2.05) is 40.9 Å². The van der Waals surface area contributed by atoms with Crippen LogP contribution in [0.25, 0.3) is 11.1 Å². The summed E-state index contributed by atoms with van der Waals surface area (Å²) in [7, 11) is -3.19. The Balaban J connectivity index is 1.36. The molecule has 19 nitrogen and oxygen atoms in total. The molecule has 0 bridgehead atoms. The number of anilines is 1. The van der Waals surface area contributed by atoms with Crippen LogP contribution in [0.4, 0.5) is 5.13 Å². The molecule has 1 aromatic carbocycles. The van der Waals surface area contributed by atoms with Crippen molar-refractivity contribution in [2.75, 3.05) is 12.3 Å². The van der Waals surface area contributed by atoms with Gasteiger partial charge in [-0.1, -0.05) is 11.2 Å². The fourth-order valence-corrected chi connectivity index (χ4v) is 6.54. The topological polar surface area (TPSA) is 275 Å². The van der Waals surface area contributed by atoms with Gasteiger partial charge in [0.15, 0.2) is 24.0 Å². The minimum atomic E-state index is -5.03. The number of carbonyl (C=O) groups is 3. The number of nitrogens with zero attached hydrogens (tertiary/aromatic N) is 5. The molecule has 8 N–H and O–H groups in total. The van der Waals surface area contributed by atoms with E-state index in [2.05, 4.69) is 19.7 Å². The molecule has 2 unspecified atom stereocenters. The Morgan fingerprint density at radius 2 is 2.06 bits per heavy atom. The molecule has 270 valence electrons. The molecule has 0 spiro atoms. The number of benzene rings is 1. The first-order valence-electron chi connectivity index (χ1n) is 15.1. The maximum atomic E-state index is 13.5. The molecule has 1 saturated heterocycles. The Labute approximate surface area is 289 Å². The second-order valence-corrected chi connectivity index (χ2v) is 14.4. The van der Waals surface area contributed by atoms with Gasteiger partial charge in [0.05, 0.1) is 23.4 Å². The summed E-state index contributed by atoms with van der Waals surface area (Å²) in [5.41, 5.74) is 9.73. The van der Waals surface area contributed by atoms with E-state index in [0.29, 0.717) is 23.8 Å². The van der Waals surface area contributed by atoms with Crippen molar-refractivity contribution in [3.63, 3.8) is 0 Å². The average molecular weight is 738 g/mol. The zero-order chi connectivity index (χ0) is 36.8. The maximum Gasteiger partial charge on any atom is 0.418 e. The molecule has 2 aliphatic rings. The van der Waals surface area contributed by atoms with E-state index >= 15 is 0 Å². The molecule has 5 rings (SSSR count). The highest BCUT2D eigenvalue weighted by atomic mass is 32.3. The van der Waals surface area contributed by atoms with Crippen LogP contribution in [-0.4, -0.2) is 97.3 Å². The summed E-state index contributed by atoms with van der Waals surface area (Å²) in [6.45, 7) is 4.42. The van der Waals surface area contributed by atoms with Crippen molar-refractivity contribution < 1.29 is 56.1 Å². The lowest BCUT2D eigenvalue weighted by Crippen LogP contribution is -2.76. The minimum Gasteiger partial charge on any atom is -0.485 e. The number of carboxylic acid groups (broad SMARTS) is 1. The number of aryl methyl sites for hydroxylation is 2. The van der Waals surface area contributed by atoms with Crippen molar-refractivity contribution in [1.82, 2.24) is 20.0 Å². The summed E-state index contributed by atoms with van der Waals surface area (Å²) >= 11 is 0.962. The SMILES string of the molecule is C[n+]1cc(-c2ccc3c(c2)CC[C@H](C(C)(O/N=C(\C(=O)N[C@@H]2C(=O)N(OS(=O)(=O)O)C2(C)C)c2csc(N)n2)C(=O)O)O3)cn1CC(O)CN. The Bertz CT molecular complexity index is 1960. The smallest absolute Gasteiger partial charge is 0.418 e. The monoisotopic (exact) mass is 737 g/mol. The van der Waals surface area contributed by atoms with Crippen LogP contribution in [0.2, 0.25) is 0 Å². The van der Waals surface area contributed by atoms with E-state index in [9.17, 15) is 33.0 Å². The Kier molecular flexibility index (Phi) is 9.93. The minimum absolute atomic E-state index is 0.0549. The predicted molar refractivity (Wildman–Crippen MR) is 175 cm³/mol. The predicted octanol–water partition coefficient (Wildman–Crippen LogP) is -0.864. The average Bonchev–Trinajstić information content (AvgIpc) is 3.65. The summed E-state index contributed by atoms with van der Waals surface area (Å²) in [5.74, 6) is -3.03. The first-order chi connectivity index (χ1) is 23.3. The number of oxime groups is 1. The van der Waals surface area contributed by atoms with Gasteiger partial charge in [-0.2, -0.15) is 18.2 Å². The lowest BCUT2D eigenvalue weighted by Gasteiger charge is -2.50. The number of nitrogens with two attached hydrogens (primary N) is 2. The summed E-state index contributed by atoms with van der Waals surface area (Å²) in [5, 5.41) is 28.4. The van der Waals surface area contributed by atoms with Gasteiger partial charge in [-0.05, 0) is 56.9 Å². The third kappa shape index (κ3) is 7.27. The van der Waals surface area contributed by atoms with Crippen LogP contribution in [0.5, 0.6) is 5.75 Å². The first kappa shape index (κ1) is 36.6. The molecular weight excluding hydrogens is 700 g/mol. The van der Waals surface area contributed by atoms with Crippen molar-refractivity contribution in [2.24, 2.45) is 17.9 Å². The van der Waals surface area contributed by atoms with Crippen LogP contribution in [0.3, 0.4) is 0 Å². The summed E-state index contributed by atoms with van der Waals surface area (Å²) in [4.78, 5) is 48.4. The van der Waals surface area contributed by atoms with Gasteiger partial charge in [0.2, 0.25) is 6.20 Å². The van der Waals surface area contributed by atoms with Crippen LogP contribution in [0.15, 0.2) is 41.1 Å². The number of aliphatic hydroxyl groups is 1. The number of rotatable bonds is 13. The second-order valence-electron chi connectivity index (χ2n) is 12.5. The molecule has 2 amide bonds. The Morgan fingerprint density at radius 3 is 2.66 bits per heavy atom. The van der Waals surface area contributed by atoms with E-state index in [1.54, 1.807) is 6.07 Å². The number of fused-ring (bicyclic) bond motifs is 1. The van der Waals surface area contributed by atoms with Crippen molar-refractivity contribution in [2.45, 2.75) is 69.5 Å². The van der Waals surface area contributed by atoms with Gasteiger partial charge in [-0.3, -0.25) is 14.1 Å². The Morgan fingerprint density at radius 1 is 1.34 bits per heavy atom. The number of aliphatic hydroxyl groups excluding tert-OH is 1. The standard InChI is InChI=1S/C29H36N8O11S2/c1-28(2)23(25(40)37(28)48-50(43,44)45)33-24(39)22(19-14-49-27(31)32-19)34-47-29(3,26(41)42)21-8-6-16-9-15(5-7-20(16)46-21)17-11-35(4)36(12-17)13-18(38)10-30/h5,7,9,11-12,14,18,21,23,38H,6,8,10,13,30H2,1-4H3,(H4-,31,32,33,39,41,42,43,44,45)/p+1/b34-22-/t18?,21-,23-,29?/m1/s1. The highest BCUT2D eigenvalue weighted by Gasteiger charge is 2.58. The number of β-lactam (4-membered cyclic amide) rings is 1. The number of ether oxygens (including phenoxy) is 1. The molecule has 3 aromatic rings. The highest BCUT2D eigenvalue weighted by Crippen LogP contribution is 2.37. The summed E-state index contributed by atoms with van der Waals surface area (Å²) in [6.07, 6.45) is 2.64. The van der Waals surface area contributed by atoms with Gasteiger partial charge in [0, 0.05) is 11.9 Å². The van der Waals surface area contributed by atoms with Gasteiger partial charge in [-0.15, -0.1) is 20.3 Å². The van der Waals surface area contributed by atoms with Crippen LogP contribution in [-0.2, 0) is 53.9 Å². The number of carboxylic acids is 1. The fourth-order valence-electron chi connectivity index (χ4n) is 5.53. The number of amides is 2. The zero-order valence-electron chi connectivity index (χ0n) is 27.3. The molecule has 1 fully saturated rings. The molecule has 4 atom stereocenters. The van der Waals surface area contributed by atoms with E-state index in [4.69, 9.17) is 25.6 Å². The molecule has 2 aromatic heterocycles. The normalized spacial score (nSPS) is 20.6. The van der Waals surface area contributed by atoms with Crippen LogP contribution in [0, 0.1) is 0 Å². The zero-order valence-corrected chi connectivity index (χ0v) is 29.0. The van der Waals surface area contributed by atoms with E-state index in [0.717, 1.165) is 28.0 Å². The van der Waals surface area contributed by atoms with Crippen LogP contribution >= 0.6 is 11.3 Å². The van der Waals surface area contributed by atoms with Crippen molar-refractivity contribution in [1.29, 1.82) is 0 Å². The number of thiazole rings is 1. The molecule has 0 radical (unpaired) electrons. The molecular formula is C29H37N8O11S2+. The number of hydrogen-bond acceptors (Lipinski definition) is 14. The number of carbonyl (C=O) groups excluding carboxylic acids is 2. The third-order valence-corrected chi connectivity index (χ3v) is 9.51. The lowest BCUT2D eigenvalue weighted by molar-refractivity contribution is -0.754.